The van der Waals surface area contributed by atoms with Gasteiger partial charge in [0.15, 0.2) is 5.69 Å². The first-order valence-corrected chi connectivity index (χ1v) is 7.86. The zero-order valence-corrected chi connectivity index (χ0v) is 13.2. The van der Waals surface area contributed by atoms with Crippen LogP contribution in [0, 0.1) is 6.92 Å². The lowest BCUT2D eigenvalue weighted by Crippen LogP contribution is -2.35. The largest absolute Gasteiger partial charge is 0.508 e. The van der Waals surface area contributed by atoms with Crippen LogP contribution in [0.3, 0.4) is 0 Å². The second kappa shape index (κ2) is 6.78. The Kier molecular flexibility index (Phi) is 4.57. The van der Waals surface area contributed by atoms with E-state index in [0.717, 1.165) is 13.1 Å². The number of aromatic nitrogens is 2. The van der Waals surface area contributed by atoms with Crippen LogP contribution in [0.2, 0.25) is 0 Å². The molecule has 2 aromatic rings. The average Bonchev–Trinajstić information content (AvgIpc) is 2.80. The first-order valence-electron chi connectivity index (χ1n) is 7.86. The molecule has 0 spiro atoms. The molecule has 1 aromatic carbocycles. The monoisotopic (exact) mass is 315 g/mol. The van der Waals surface area contributed by atoms with E-state index in [2.05, 4.69) is 20.2 Å². The molecule has 0 saturated carbocycles. The number of azo groups is 1. The number of aromatic hydroxyl groups is 1. The highest BCUT2D eigenvalue weighted by atomic mass is 16.3. The van der Waals surface area contributed by atoms with Crippen molar-refractivity contribution in [2.45, 2.75) is 32.9 Å². The number of hydrogen-bond acceptors (Lipinski definition) is 5. The summed E-state index contributed by atoms with van der Waals surface area (Å²) < 4.78 is 1.58. The molecular weight excluding hydrogens is 294 g/mol. The van der Waals surface area contributed by atoms with Crippen molar-refractivity contribution in [3.05, 3.63) is 40.3 Å². The molecule has 0 radical (unpaired) electrons. The minimum Gasteiger partial charge on any atom is -0.508 e. The van der Waals surface area contributed by atoms with Crippen LogP contribution >= 0.6 is 0 Å². The van der Waals surface area contributed by atoms with E-state index in [4.69, 9.17) is 0 Å². The Balaban J connectivity index is 1.79. The second-order valence-corrected chi connectivity index (χ2v) is 5.86. The maximum Gasteiger partial charge on any atom is 0.295 e. The number of H-pyrrole nitrogens is 1. The lowest BCUT2D eigenvalue weighted by molar-refractivity contribution is 0.171. The molecule has 122 valence electrons. The number of hydrogen-bond donors (Lipinski definition) is 2. The van der Waals surface area contributed by atoms with Crippen molar-refractivity contribution in [2.24, 2.45) is 10.2 Å². The number of phenolic OH excluding ortho intramolecular Hbond substituents is 1. The van der Waals surface area contributed by atoms with Gasteiger partial charge in [-0.1, -0.05) is 12.5 Å². The molecule has 0 unspecified atom stereocenters. The number of rotatable bonds is 4. The van der Waals surface area contributed by atoms with Crippen molar-refractivity contribution in [1.82, 2.24) is 14.7 Å². The Morgan fingerprint density at radius 3 is 2.74 bits per heavy atom. The Morgan fingerprint density at radius 1 is 1.22 bits per heavy atom. The van der Waals surface area contributed by atoms with Crippen LogP contribution in [0.4, 0.5) is 11.4 Å². The van der Waals surface area contributed by atoms with Crippen molar-refractivity contribution < 1.29 is 5.11 Å². The van der Waals surface area contributed by atoms with Gasteiger partial charge in [0.05, 0.1) is 18.1 Å². The van der Waals surface area contributed by atoms with Crippen molar-refractivity contribution in [3.63, 3.8) is 0 Å². The molecule has 0 bridgehead atoms. The number of nitrogens with zero attached hydrogens (tertiary/aromatic N) is 4. The Labute approximate surface area is 134 Å². The van der Waals surface area contributed by atoms with Crippen LogP contribution < -0.4 is 5.56 Å². The Bertz CT molecular complexity index is 756. The van der Waals surface area contributed by atoms with Crippen molar-refractivity contribution >= 4 is 11.4 Å². The molecule has 0 aliphatic carbocycles. The van der Waals surface area contributed by atoms with Gasteiger partial charge in [-0.05, 0) is 45.0 Å². The van der Waals surface area contributed by atoms with Crippen LogP contribution in [-0.2, 0) is 6.67 Å². The van der Waals surface area contributed by atoms with Crippen LogP contribution in [0.1, 0.15) is 25.0 Å². The van der Waals surface area contributed by atoms with Crippen LogP contribution in [-0.4, -0.2) is 32.9 Å². The third kappa shape index (κ3) is 3.68. The van der Waals surface area contributed by atoms with Gasteiger partial charge >= 0.3 is 0 Å². The van der Waals surface area contributed by atoms with Gasteiger partial charge in [-0.15, -0.1) is 5.11 Å². The maximum absolute atomic E-state index is 12.5. The zero-order chi connectivity index (χ0) is 16.2. The summed E-state index contributed by atoms with van der Waals surface area (Å²) in [5.41, 5.74) is 1.34. The van der Waals surface area contributed by atoms with E-state index in [1.807, 2.05) is 6.92 Å². The molecule has 7 nitrogen and oxygen atoms in total. The molecule has 7 heteroatoms. The van der Waals surface area contributed by atoms with Gasteiger partial charge in [0, 0.05) is 6.07 Å². The van der Waals surface area contributed by atoms with Gasteiger partial charge in [0.25, 0.3) is 5.56 Å². The summed E-state index contributed by atoms with van der Waals surface area (Å²) in [5.74, 6) is 0.120. The molecule has 1 saturated heterocycles. The molecule has 0 atom stereocenters. The first-order chi connectivity index (χ1) is 11.1. The lowest BCUT2D eigenvalue weighted by Gasteiger charge is -2.25. The van der Waals surface area contributed by atoms with E-state index in [0.29, 0.717) is 23.7 Å². The average molecular weight is 315 g/mol. The van der Waals surface area contributed by atoms with E-state index in [1.165, 1.54) is 25.3 Å². The van der Waals surface area contributed by atoms with Crippen molar-refractivity contribution in [2.75, 3.05) is 13.1 Å². The van der Waals surface area contributed by atoms with Gasteiger partial charge in [-0.25, -0.2) is 4.68 Å². The first kappa shape index (κ1) is 15.5. The SMILES string of the molecule is Cc1[nH]n(CN2CCCCC2)c(=O)c1N=Nc1cccc(O)c1. The number of benzene rings is 1. The van der Waals surface area contributed by atoms with E-state index in [-0.39, 0.29) is 11.3 Å². The quantitative estimate of drug-likeness (QED) is 0.850. The van der Waals surface area contributed by atoms with E-state index < -0.39 is 0 Å². The number of nitrogens with one attached hydrogen (secondary N) is 1. The summed E-state index contributed by atoms with van der Waals surface area (Å²) in [5, 5.41) is 20.6. The maximum atomic E-state index is 12.5. The molecule has 23 heavy (non-hydrogen) atoms. The molecule has 1 aliphatic heterocycles. The molecule has 2 heterocycles. The fourth-order valence-electron chi connectivity index (χ4n) is 2.78. The Hall–Kier alpha value is -2.41. The molecule has 1 fully saturated rings. The topological polar surface area (TPSA) is 86.0 Å². The fourth-order valence-corrected chi connectivity index (χ4v) is 2.78. The summed E-state index contributed by atoms with van der Waals surface area (Å²) >= 11 is 0. The molecule has 2 N–H and O–H groups in total. The lowest BCUT2D eigenvalue weighted by atomic mass is 10.1. The number of phenols is 1. The van der Waals surface area contributed by atoms with Gasteiger partial charge in [0.2, 0.25) is 0 Å². The summed E-state index contributed by atoms with van der Waals surface area (Å²) in [6.45, 7) is 4.40. The summed E-state index contributed by atoms with van der Waals surface area (Å²) in [4.78, 5) is 14.7. The van der Waals surface area contributed by atoms with Gasteiger partial charge in [-0.2, -0.15) is 5.11 Å². The minimum atomic E-state index is -0.169. The predicted octanol–water partition coefficient (Wildman–Crippen LogP) is 3.05. The number of piperidine rings is 1. The number of aromatic amines is 1. The smallest absolute Gasteiger partial charge is 0.295 e. The molecule has 3 rings (SSSR count). The van der Waals surface area contributed by atoms with Gasteiger partial charge < -0.3 is 5.11 Å². The third-order valence-corrected chi connectivity index (χ3v) is 3.99. The van der Waals surface area contributed by atoms with Crippen molar-refractivity contribution in [3.8, 4) is 5.75 Å². The minimum absolute atomic E-state index is 0.120. The second-order valence-electron chi connectivity index (χ2n) is 5.86. The van der Waals surface area contributed by atoms with Gasteiger partial charge in [-0.3, -0.25) is 14.8 Å². The van der Waals surface area contributed by atoms with Crippen LogP contribution in [0.15, 0.2) is 39.3 Å². The number of aryl methyl sites for hydroxylation is 1. The Morgan fingerprint density at radius 2 is 2.00 bits per heavy atom. The zero-order valence-electron chi connectivity index (χ0n) is 13.2. The van der Waals surface area contributed by atoms with E-state index >= 15 is 0 Å². The molecule has 0 amide bonds. The summed E-state index contributed by atoms with van der Waals surface area (Å²) in [6, 6.07) is 6.46. The summed E-state index contributed by atoms with van der Waals surface area (Å²) in [7, 11) is 0. The molecular formula is C16H21N5O2. The highest BCUT2D eigenvalue weighted by Crippen LogP contribution is 2.21. The highest BCUT2D eigenvalue weighted by molar-refractivity contribution is 5.44. The summed E-state index contributed by atoms with van der Waals surface area (Å²) in [6.07, 6.45) is 3.62. The molecule has 1 aliphatic rings. The van der Waals surface area contributed by atoms with Gasteiger partial charge in [0.1, 0.15) is 5.75 Å². The fraction of sp³-hybridized carbons (Fsp3) is 0.438. The standard InChI is InChI=1S/C16H21N5O2/c1-12-15(18-17-13-6-5-7-14(22)10-13)16(23)21(19-12)11-20-8-3-2-4-9-20/h5-7,10,19,22H,2-4,8-9,11H2,1H3. The van der Waals surface area contributed by atoms with Crippen LogP contribution in [0.25, 0.3) is 0 Å². The highest BCUT2D eigenvalue weighted by Gasteiger charge is 2.15. The van der Waals surface area contributed by atoms with Crippen LogP contribution in [0.5, 0.6) is 5.75 Å². The predicted molar refractivity (Wildman–Crippen MR) is 87.5 cm³/mol. The van der Waals surface area contributed by atoms with E-state index in [9.17, 15) is 9.90 Å². The van der Waals surface area contributed by atoms with Crippen molar-refractivity contribution in [1.29, 1.82) is 0 Å². The van der Waals surface area contributed by atoms with E-state index in [1.54, 1.807) is 22.9 Å². The third-order valence-electron chi connectivity index (χ3n) is 3.99. The molecule has 1 aromatic heterocycles. The number of likely N-dealkylation sites (tertiary alicyclic amines) is 1. The normalized spacial score (nSPS) is 16.2.